The molecular weight excluding hydrogens is 204 g/mol. The average Bonchev–Trinajstić information content (AvgIpc) is 2.58. The monoisotopic (exact) mass is 226 g/mol. The summed E-state index contributed by atoms with van der Waals surface area (Å²) in [7, 11) is 0. The fourth-order valence-electron chi connectivity index (χ4n) is 1.46. The lowest BCUT2D eigenvalue weighted by molar-refractivity contribution is 0.452. The molecule has 1 aromatic heterocycles. The van der Waals surface area contributed by atoms with E-state index in [4.69, 9.17) is 0 Å². The largest absolute Gasteiger partial charge is 0.314 e. The first kappa shape index (κ1) is 12.7. The van der Waals surface area contributed by atoms with Crippen LogP contribution in [0.5, 0.6) is 0 Å². The van der Waals surface area contributed by atoms with Crippen LogP contribution in [0.3, 0.4) is 0 Å². The van der Waals surface area contributed by atoms with Crippen LogP contribution in [0.2, 0.25) is 0 Å². The summed E-state index contributed by atoms with van der Waals surface area (Å²) in [5, 5.41) is 6.83. The molecule has 0 aromatic carbocycles. The molecular formula is C12H22N2S. The van der Waals surface area contributed by atoms with Gasteiger partial charge >= 0.3 is 0 Å². The van der Waals surface area contributed by atoms with Crippen LogP contribution in [0.15, 0.2) is 5.38 Å². The molecule has 1 atom stereocenters. The van der Waals surface area contributed by atoms with E-state index in [1.54, 1.807) is 11.3 Å². The van der Waals surface area contributed by atoms with Gasteiger partial charge in [0.15, 0.2) is 0 Å². The molecule has 1 N–H and O–H groups in total. The molecule has 1 aromatic rings. The van der Waals surface area contributed by atoms with Crippen molar-refractivity contribution in [2.75, 3.05) is 6.54 Å². The van der Waals surface area contributed by atoms with Gasteiger partial charge in [-0.1, -0.05) is 20.8 Å². The summed E-state index contributed by atoms with van der Waals surface area (Å²) in [6.45, 7) is 9.86. The zero-order valence-electron chi connectivity index (χ0n) is 10.2. The lowest BCUT2D eigenvalue weighted by Crippen LogP contribution is -2.28. The molecule has 0 amide bonds. The highest BCUT2D eigenvalue weighted by Crippen LogP contribution is 2.12. The van der Waals surface area contributed by atoms with E-state index in [9.17, 15) is 0 Å². The fourth-order valence-corrected chi connectivity index (χ4v) is 2.10. The fraction of sp³-hybridized carbons (Fsp3) is 0.750. The Balaban J connectivity index is 2.19. The molecule has 15 heavy (non-hydrogen) atoms. The first-order valence-corrected chi connectivity index (χ1v) is 6.60. The van der Waals surface area contributed by atoms with E-state index < -0.39 is 0 Å². The first-order chi connectivity index (χ1) is 7.08. The van der Waals surface area contributed by atoms with Crippen LogP contribution >= 0.6 is 11.3 Å². The van der Waals surface area contributed by atoms with Crippen molar-refractivity contribution < 1.29 is 0 Å². The Kier molecular flexibility index (Phi) is 5.26. The predicted octanol–water partition coefficient (Wildman–Crippen LogP) is 3.02. The molecule has 86 valence electrons. The lowest BCUT2D eigenvalue weighted by atomic mass is 10.0. The third kappa shape index (κ3) is 5.28. The molecule has 0 aliphatic carbocycles. The van der Waals surface area contributed by atoms with Gasteiger partial charge in [-0.2, -0.15) is 0 Å². The maximum atomic E-state index is 4.48. The Hall–Kier alpha value is -0.410. The quantitative estimate of drug-likeness (QED) is 0.806. The average molecular weight is 226 g/mol. The minimum absolute atomic E-state index is 0.592. The van der Waals surface area contributed by atoms with Gasteiger partial charge in [-0.15, -0.1) is 11.3 Å². The number of thiazole rings is 1. The van der Waals surface area contributed by atoms with Gasteiger partial charge < -0.3 is 5.32 Å². The Labute approximate surface area is 97.1 Å². The van der Waals surface area contributed by atoms with E-state index in [1.807, 2.05) is 0 Å². The zero-order chi connectivity index (χ0) is 11.3. The molecule has 0 aliphatic rings. The van der Waals surface area contributed by atoms with Gasteiger partial charge in [-0.05, 0) is 32.2 Å². The molecule has 1 heterocycles. The smallest absolute Gasteiger partial charge is 0.0897 e. The number of nitrogens with zero attached hydrogens (tertiary/aromatic N) is 1. The second kappa shape index (κ2) is 6.23. The van der Waals surface area contributed by atoms with Crippen LogP contribution in [0.25, 0.3) is 0 Å². The minimum atomic E-state index is 0.592. The number of aromatic nitrogens is 1. The Morgan fingerprint density at radius 2 is 2.13 bits per heavy atom. The van der Waals surface area contributed by atoms with Crippen molar-refractivity contribution in [3.05, 3.63) is 16.1 Å². The lowest BCUT2D eigenvalue weighted by Gasteiger charge is -2.13. The Morgan fingerprint density at radius 3 is 2.67 bits per heavy atom. The molecule has 0 fully saturated rings. The number of nitrogens with one attached hydrogen (secondary N) is 1. The normalized spacial score (nSPS) is 13.4. The van der Waals surface area contributed by atoms with Crippen molar-refractivity contribution in [3.63, 3.8) is 0 Å². The summed E-state index contributed by atoms with van der Waals surface area (Å²) in [6, 6.07) is 0.592. The van der Waals surface area contributed by atoms with Crippen LogP contribution < -0.4 is 5.32 Å². The van der Waals surface area contributed by atoms with Crippen molar-refractivity contribution in [2.24, 2.45) is 5.92 Å². The number of hydrogen-bond acceptors (Lipinski definition) is 3. The van der Waals surface area contributed by atoms with Gasteiger partial charge in [0.25, 0.3) is 0 Å². The summed E-state index contributed by atoms with van der Waals surface area (Å²) in [5.41, 5.74) is 1.26. The maximum absolute atomic E-state index is 4.48. The number of aryl methyl sites for hydroxylation is 2. The van der Waals surface area contributed by atoms with Crippen LogP contribution in [-0.2, 0) is 6.42 Å². The van der Waals surface area contributed by atoms with Crippen molar-refractivity contribution >= 4 is 11.3 Å². The van der Waals surface area contributed by atoms with Crippen molar-refractivity contribution in [1.29, 1.82) is 0 Å². The van der Waals surface area contributed by atoms with Gasteiger partial charge in [0.05, 0.1) is 10.7 Å². The Bertz CT molecular complexity index is 281. The summed E-state index contributed by atoms with van der Waals surface area (Å²) in [5.74, 6) is 0.731. The van der Waals surface area contributed by atoms with Crippen molar-refractivity contribution in [3.8, 4) is 0 Å². The molecule has 0 bridgehead atoms. The van der Waals surface area contributed by atoms with Crippen molar-refractivity contribution in [2.45, 2.75) is 46.6 Å². The topological polar surface area (TPSA) is 24.9 Å². The highest BCUT2D eigenvalue weighted by atomic mass is 32.1. The summed E-state index contributed by atoms with van der Waals surface area (Å²) >= 11 is 1.75. The molecule has 2 nitrogen and oxygen atoms in total. The summed E-state index contributed by atoms with van der Waals surface area (Å²) < 4.78 is 0. The molecule has 1 unspecified atom stereocenters. The van der Waals surface area contributed by atoms with Gasteiger partial charge in [0, 0.05) is 11.4 Å². The van der Waals surface area contributed by atoms with Crippen LogP contribution in [0, 0.1) is 12.8 Å². The number of rotatable bonds is 6. The number of hydrogen-bond donors (Lipinski definition) is 1. The molecule has 0 saturated carbocycles. The first-order valence-electron chi connectivity index (χ1n) is 5.72. The van der Waals surface area contributed by atoms with Gasteiger partial charge in [-0.3, -0.25) is 0 Å². The molecule has 3 heteroatoms. The van der Waals surface area contributed by atoms with E-state index in [2.05, 4.69) is 43.4 Å². The summed E-state index contributed by atoms with van der Waals surface area (Å²) in [4.78, 5) is 4.48. The molecule has 1 rings (SSSR count). The Morgan fingerprint density at radius 1 is 1.40 bits per heavy atom. The third-order valence-corrected chi connectivity index (χ3v) is 3.26. The van der Waals surface area contributed by atoms with Gasteiger partial charge in [0.2, 0.25) is 0 Å². The predicted molar refractivity (Wildman–Crippen MR) is 67.5 cm³/mol. The van der Waals surface area contributed by atoms with Gasteiger partial charge in [-0.25, -0.2) is 4.98 Å². The maximum Gasteiger partial charge on any atom is 0.0897 e. The second-order valence-electron chi connectivity index (χ2n) is 4.56. The SMILES string of the molecule is Cc1nc(CCC(C)CNC(C)C)cs1. The molecule has 0 radical (unpaired) electrons. The van der Waals surface area contributed by atoms with E-state index >= 15 is 0 Å². The molecule has 0 aliphatic heterocycles. The third-order valence-electron chi connectivity index (χ3n) is 2.43. The minimum Gasteiger partial charge on any atom is -0.314 e. The van der Waals surface area contributed by atoms with E-state index in [1.165, 1.54) is 17.1 Å². The highest BCUT2D eigenvalue weighted by molar-refractivity contribution is 7.09. The van der Waals surface area contributed by atoms with E-state index in [0.29, 0.717) is 6.04 Å². The summed E-state index contributed by atoms with van der Waals surface area (Å²) in [6.07, 6.45) is 2.34. The highest BCUT2D eigenvalue weighted by Gasteiger charge is 2.05. The molecule has 0 spiro atoms. The van der Waals surface area contributed by atoms with Gasteiger partial charge in [0.1, 0.15) is 0 Å². The zero-order valence-corrected chi connectivity index (χ0v) is 11.0. The standard InChI is InChI=1S/C12H22N2S/c1-9(2)13-7-10(3)5-6-12-8-15-11(4)14-12/h8-10,13H,5-7H2,1-4H3. The molecule has 0 saturated heterocycles. The van der Waals surface area contributed by atoms with Crippen LogP contribution in [0.4, 0.5) is 0 Å². The van der Waals surface area contributed by atoms with Crippen molar-refractivity contribution in [1.82, 2.24) is 10.3 Å². The van der Waals surface area contributed by atoms with Crippen LogP contribution in [0.1, 0.15) is 37.9 Å². The second-order valence-corrected chi connectivity index (χ2v) is 5.63. The van der Waals surface area contributed by atoms with Crippen LogP contribution in [-0.4, -0.2) is 17.6 Å². The van der Waals surface area contributed by atoms with E-state index in [-0.39, 0.29) is 0 Å². The van der Waals surface area contributed by atoms with E-state index in [0.717, 1.165) is 18.9 Å².